The molecule has 1 aliphatic rings. The number of carbonyl (C=O) groups excluding carboxylic acids is 1. The normalized spacial score (nSPS) is 15.2. The minimum absolute atomic E-state index is 0.0188. The third kappa shape index (κ3) is 4.79. The molecule has 0 spiro atoms. The molecule has 3 aromatic carbocycles. The van der Waals surface area contributed by atoms with Crippen molar-refractivity contribution in [1.82, 2.24) is 4.90 Å². The second-order valence-electron chi connectivity index (χ2n) is 8.41. The van der Waals surface area contributed by atoms with Crippen molar-refractivity contribution in [2.24, 2.45) is 0 Å². The largest absolute Gasteiger partial charge is 0.497 e. The van der Waals surface area contributed by atoms with Crippen LogP contribution in [0.25, 0.3) is 11.1 Å². The molecule has 1 aliphatic heterocycles. The van der Waals surface area contributed by atoms with Crippen LogP contribution < -0.4 is 14.2 Å². The summed E-state index contributed by atoms with van der Waals surface area (Å²) in [7, 11) is 4.92. The molecule has 0 atom stereocenters. The summed E-state index contributed by atoms with van der Waals surface area (Å²) in [6.07, 6.45) is 1.70. The molecule has 0 saturated heterocycles. The number of amides is 1. The van der Waals surface area contributed by atoms with Gasteiger partial charge in [0.15, 0.2) is 11.5 Å². The van der Waals surface area contributed by atoms with Crippen LogP contribution in [0.5, 0.6) is 17.2 Å². The highest BCUT2D eigenvalue weighted by molar-refractivity contribution is 6.27. The van der Waals surface area contributed by atoms with E-state index in [4.69, 9.17) is 14.2 Å². The number of nitrogens with zero attached hydrogens (tertiary/aromatic N) is 1. The van der Waals surface area contributed by atoms with Crippen molar-refractivity contribution in [1.29, 1.82) is 0 Å². The molecule has 1 heterocycles. The number of ether oxygens (including phenoxy) is 3. The lowest BCUT2D eigenvalue weighted by Gasteiger charge is -2.29. The van der Waals surface area contributed by atoms with E-state index in [0.717, 1.165) is 46.4 Å². The number of hydrogen-bond acceptors (Lipinski definition) is 4. The molecule has 3 aromatic rings. The van der Waals surface area contributed by atoms with Gasteiger partial charge in [-0.25, -0.2) is 0 Å². The zero-order chi connectivity index (χ0) is 24.1. The highest BCUT2D eigenvalue weighted by Crippen LogP contribution is 2.39. The van der Waals surface area contributed by atoms with Crippen molar-refractivity contribution in [2.45, 2.75) is 26.3 Å². The molecule has 4 rings (SSSR count). The topological polar surface area (TPSA) is 48.0 Å². The molecule has 0 aromatic heterocycles. The summed E-state index contributed by atoms with van der Waals surface area (Å²) in [5, 5.41) is 0. The molecular weight excluding hydrogens is 426 g/mol. The van der Waals surface area contributed by atoms with E-state index in [9.17, 15) is 4.79 Å². The number of rotatable bonds is 6. The van der Waals surface area contributed by atoms with Gasteiger partial charge in [0.25, 0.3) is 5.91 Å². The number of carbonyl (C=O) groups is 1. The SMILES string of the molecule is COc1ccc(CN2CCCc3cc(OC)c(OC)cc3/C(=C(/C)c3ccccc3)C2=O)cc1. The van der Waals surface area contributed by atoms with Crippen LogP contribution in [-0.4, -0.2) is 38.7 Å². The van der Waals surface area contributed by atoms with Crippen molar-refractivity contribution in [2.75, 3.05) is 27.9 Å². The Kier molecular flexibility index (Phi) is 7.21. The summed E-state index contributed by atoms with van der Waals surface area (Å²) in [6, 6.07) is 21.9. The maximum Gasteiger partial charge on any atom is 0.255 e. The molecule has 0 saturated carbocycles. The Labute approximate surface area is 201 Å². The van der Waals surface area contributed by atoms with Gasteiger partial charge in [0.1, 0.15) is 5.75 Å². The number of fused-ring (bicyclic) bond motifs is 1. The average molecular weight is 458 g/mol. The fourth-order valence-electron chi connectivity index (χ4n) is 4.49. The van der Waals surface area contributed by atoms with Gasteiger partial charge in [-0.3, -0.25) is 4.79 Å². The minimum Gasteiger partial charge on any atom is -0.497 e. The van der Waals surface area contributed by atoms with Crippen LogP contribution in [0, 0.1) is 0 Å². The highest BCUT2D eigenvalue weighted by atomic mass is 16.5. The molecule has 34 heavy (non-hydrogen) atoms. The summed E-state index contributed by atoms with van der Waals surface area (Å²) in [6.45, 7) is 3.23. The van der Waals surface area contributed by atoms with E-state index in [1.165, 1.54) is 0 Å². The van der Waals surface area contributed by atoms with Gasteiger partial charge in [0.05, 0.1) is 26.9 Å². The molecule has 5 heteroatoms. The quantitative estimate of drug-likeness (QED) is 0.451. The first kappa shape index (κ1) is 23.4. The maximum atomic E-state index is 14.1. The van der Waals surface area contributed by atoms with Gasteiger partial charge in [0.2, 0.25) is 0 Å². The van der Waals surface area contributed by atoms with Gasteiger partial charge in [-0.2, -0.15) is 0 Å². The lowest BCUT2D eigenvalue weighted by molar-refractivity contribution is -0.125. The zero-order valence-corrected chi connectivity index (χ0v) is 20.3. The van der Waals surface area contributed by atoms with E-state index in [1.807, 2.05) is 78.6 Å². The van der Waals surface area contributed by atoms with Gasteiger partial charge >= 0.3 is 0 Å². The Balaban J connectivity index is 1.83. The molecular formula is C29H31NO4. The standard InChI is InChI=1S/C29H31NO4/c1-20(22-9-6-5-7-10-22)28-25-18-27(34-4)26(33-3)17-23(25)11-8-16-30(29(28)31)19-21-12-14-24(32-2)15-13-21/h5-7,9-10,12-15,17-18H,8,11,16,19H2,1-4H3/b28-20+. The zero-order valence-electron chi connectivity index (χ0n) is 20.3. The Morgan fingerprint density at radius 1 is 0.882 bits per heavy atom. The predicted molar refractivity (Wildman–Crippen MR) is 135 cm³/mol. The van der Waals surface area contributed by atoms with Crippen LogP contribution in [-0.2, 0) is 17.8 Å². The average Bonchev–Trinajstić information content (AvgIpc) is 2.88. The van der Waals surface area contributed by atoms with Gasteiger partial charge in [-0.05, 0) is 71.9 Å². The Hall–Kier alpha value is -3.73. The van der Waals surface area contributed by atoms with E-state index in [-0.39, 0.29) is 5.91 Å². The van der Waals surface area contributed by atoms with Gasteiger partial charge in [-0.1, -0.05) is 42.5 Å². The molecule has 5 nitrogen and oxygen atoms in total. The molecule has 0 radical (unpaired) electrons. The lowest BCUT2D eigenvalue weighted by atomic mass is 9.88. The highest BCUT2D eigenvalue weighted by Gasteiger charge is 2.28. The monoisotopic (exact) mass is 457 g/mol. The van der Waals surface area contributed by atoms with Crippen molar-refractivity contribution >= 4 is 17.1 Å². The first-order valence-corrected chi connectivity index (χ1v) is 11.5. The number of methoxy groups -OCH3 is 3. The molecule has 0 unspecified atom stereocenters. The van der Waals surface area contributed by atoms with E-state index < -0.39 is 0 Å². The summed E-state index contributed by atoms with van der Waals surface area (Å²) < 4.78 is 16.4. The van der Waals surface area contributed by atoms with Crippen LogP contribution in [0.3, 0.4) is 0 Å². The van der Waals surface area contributed by atoms with E-state index in [2.05, 4.69) is 0 Å². The van der Waals surface area contributed by atoms with Gasteiger partial charge < -0.3 is 19.1 Å². The molecule has 0 bridgehead atoms. The Bertz CT molecular complexity index is 1180. The molecule has 0 fully saturated rings. The first-order valence-electron chi connectivity index (χ1n) is 11.5. The van der Waals surface area contributed by atoms with E-state index in [0.29, 0.717) is 30.2 Å². The van der Waals surface area contributed by atoms with Crippen LogP contribution in [0.15, 0.2) is 66.7 Å². The molecule has 176 valence electrons. The number of allylic oxidation sites excluding steroid dienone is 1. The van der Waals surface area contributed by atoms with Gasteiger partial charge in [-0.15, -0.1) is 0 Å². The fourth-order valence-corrected chi connectivity index (χ4v) is 4.49. The van der Waals surface area contributed by atoms with Crippen LogP contribution in [0.2, 0.25) is 0 Å². The Morgan fingerprint density at radius 3 is 2.21 bits per heavy atom. The molecule has 1 amide bonds. The first-order chi connectivity index (χ1) is 16.5. The van der Waals surface area contributed by atoms with Crippen molar-refractivity contribution in [3.8, 4) is 17.2 Å². The maximum absolute atomic E-state index is 14.1. The number of aryl methyl sites for hydroxylation is 1. The van der Waals surface area contributed by atoms with Crippen molar-refractivity contribution in [3.05, 3.63) is 89.0 Å². The number of benzene rings is 3. The Morgan fingerprint density at radius 2 is 1.56 bits per heavy atom. The van der Waals surface area contributed by atoms with E-state index >= 15 is 0 Å². The van der Waals surface area contributed by atoms with Crippen LogP contribution in [0.1, 0.15) is 35.6 Å². The predicted octanol–water partition coefficient (Wildman–Crippen LogP) is 5.62. The van der Waals surface area contributed by atoms with E-state index in [1.54, 1.807) is 21.3 Å². The minimum atomic E-state index is 0.0188. The fraction of sp³-hybridized carbons (Fsp3) is 0.276. The smallest absolute Gasteiger partial charge is 0.255 e. The van der Waals surface area contributed by atoms with Gasteiger partial charge in [0, 0.05) is 13.1 Å². The van der Waals surface area contributed by atoms with Crippen molar-refractivity contribution in [3.63, 3.8) is 0 Å². The molecule has 0 N–H and O–H groups in total. The second-order valence-corrected chi connectivity index (χ2v) is 8.41. The molecule has 0 aliphatic carbocycles. The lowest BCUT2D eigenvalue weighted by Crippen LogP contribution is -2.34. The third-order valence-corrected chi connectivity index (χ3v) is 6.37. The third-order valence-electron chi connectivity index (χ3n) is 6.37. The van der Waals surface area contributed by atoms with Crippen LogP contribution >= 0.6 is 0 Å². The summed E-state index contributed by atoms with van der Waals surface area (Å²) >= 11 is 0. The summed E-state index contributed by atoms with van der Waals surface area (Å²) in [4.78, 5) is 16.1. The number of hydrogen-bond donors (Lipinski definition) is 0. The summed E-state index contributed by atoms with van der Waals surface area (Å²) in [5.41, 5.74) is 5.75. The van der Waals surface area contributed by atoms with Crippen molar-refractivity contribution < 1.29 is 19.0 Å². The van der Waals surface area contributed by atoms with Crippen LogP contribution in [0.4, 0.5) is 0 Å². The summed E-state index contributed by atoms with van der Waals surface area (Å²) in [5.74, 6) is 2.12. The second kappa shape index (κ2) is 10.5.